The van der Waals surface area contributed by atoms with Gasteiger partial charge in [0.1, 0.15) is 18.0 Å². The quantitative estimate of drug-likeness (QED) is 0.324. The van der Waals surface area contributed by atoms with Gasteiger partial charge < -0.3 is 24.0 Å². The van der Waals surface area contributed by atoms with Gasteiger partial charge in [0.15, 0.2) is 5.13 Å². The average Bonchev–Trinajstić information content (AvgIpc) is 3.30. The van der Waals surface area contributed by atoms with Crippen molar-refractivity contribution in [2.75, 3.05) is 31.6 Å². The lowest BCUT2D eigenvalue weighted by molar-refractivity contribution is -0.146. The van der Waals surface area contributed by atoms with E-state index >= 15 is 0 Å². The van der Waals surface area contributed by atoms with Crippen LogP contribution < -0.4 is 9.64 Å². The van der Waals surface area contributed by atoms with Crippen molar-refractivity contribution >= 4 is 28.5 Å². The fraction of sp³-hybridized carbons (Fsp3) is 0.455. The standard InChI is InChI=1S/C33H36N4O5S/c1-20-7-6-8-25(27-18-43-30(35-27)37-15-24-13-33(24,19-37)29(38)40-5)28(20)41-17-21-11-22-9-10-36(31(39)42-32(2,3)4)16-26(22)23(12-21)14-34/h6-8,11-12,18,24H,9-10,13,15-17,19H2,1-5H3/t24?,33-/m0/s1. The van der Waals surface area contributed by atoms with E-state index in [1.165, 1.54) is 7.11 Å². The number of esters is 1. The third-order valence-corrected chi connectivity index (χ3v) is 9.45. The van der Waals surface area contributed by atoms with Crippen molar-refractivity contribution in [3.05, 3.63) is 63.5 Å². The molecule has 43 heavy (non-hydrogen) atoms. The summed E-state index contributed by atoms with van der Waals surface area (Å²) >= 11 is 1.57. The highest BCUT2D eigenvalue weighted by atomic mass is 32.1. The van der Waals surface area contributed by atoms with Gasteiger partial charge in [0.05, 0.1) is 36.4 Å². The van der Waals surface area contributed by atoms with Crippen molar-refractivity contribution in [1.82, 2.24) is 9.88 Å². The topological polar surface area (TPSA) is 105 Å². The maximum absolute atomic E-state index is 12.7. The fourth-order valence-corrected chi connectivity index (χ4v) is 7.12. The molecule has 1 saturated heterocycles. The van der Waals surface area contributed by atoms with E-state index in [1.807, 2.05) is 57.3 Å². The van der Waals surface area contributed by atoms with E-state index in [0.717, 1.165) is 57.4 Å². The molecule has 2 aliphatic heterocycles. The molecule has 1 aromatic heterocycles. The van der Waals surface area contributed by atoms with Gasteiger partial charge in [-0.25, -0.2) is 9.78 Å². The molecule has 1 aliphatic carbocycles. The molecule has 224 valence electrons. The Bertz CT molecular complexity index is 1640. The predicted molar refractivity (Wildman–Crippen MR) is 163 cm³/mol. The molecule has 1 amide bonds. The minimum absolute atomic E-state index is 0.117. The molecule has 1 saturated carbocycles. The largest absolute Gasteiger partial charge is 0.488 e. The Kier molecular flexibility index (Phi) is 7.33. The molecule has 2 aromatic carbocycles. The number of anilines is 1. The van der Waals surface area contributed by atoms with Crippen LogP contribution in [0.15, 0.2) is 35.7 Å². The third kappa shape index (κ3) is 5.54. The summed E-state index contributed by atoms with van der Waals surface area (Å²) in [6, 6.07) is 12.3. The number of piperidine rings is 1. The van der Waals surface area contributed by atoms with Gasteiger partial charge in [0.25, 0.3) is 0 Å². The summed E-state index contributed by atoms with van der Waals surface area (Å²) in [4.78, 5) is 33.8. The number of carbonyl (C=O) groups excluding carboxylic acids is 2. The van der Waals surface area contributed by atoms with Crippen molar-refractivity contribution < 1.29 is 23.8 Å². The first-order valence-electron chi connectivity index (χ1n) is 14.6. The molecule has 0 bridgehead atoms. The summed E-state index contributed by atoms with van der Waals surface area (Å²) < 4.78 is 17.0. The van der Waals surface area contributed by atoms with Gasteiger partial charge in [-0.05, 0) is 80.8 Å². The molecule has 2 fully saturated rings. The van der Waals surface area contributed by atoms with E-state index in [1.54, 1.807) is 16.2 Å². The number of hydrogen-bond donors (Lipinski definition) is 0. The van der Waals surface area contributed by atoms with E-state index in [0.29, 0.717) is 44.1 Å². The number of benzene rings is 2. The molecule has 2 atom stereocenters. The molecule has 9 nitrogen and oxygen atoms in total. The molecule has 0 spiro atoms. The number of amides is 1. The zero-order valence-corrected chi connectivity index (χ0v) is 26.0. The predicted octanol–water partition coefficient (Wildman–Crippen LogP) is 5.86. The molecular weight excluding hydrogens is 564 g/mol. The van der Waals surface area contributed by atoms with Crippen LogP contribution in [-0.4, -0.2) is 54.3 Å². The van der Waals surface area contributed by atoms with Crippen LogP contribution >= 0.6 is 11.3 Å². The van der Waals surface area contributed by atoms with Crippen molar-refractivity contribution in [3.8, 4) is 23.1 Å². The van der Waals surface area contributed by atoms with E-state index in [-0.39, 0.29) is 17.5 Å². The van der Waals surface area contributed by atoms with Gasteiger partial charge in [-0.1, -0.05) is 18.2 Å². The first-order valence-corrected chi connectivity index (χ1v) is 15.4. The van der Waals surface area contributed by atoms with Gasteiger partial charge in [0, 0.05) is 30.6 Å². The molecule has 0 N–H and O–H groups in total. The zero-order chi connectivity index (χ0) is 30.5. The number of para-hydroxylation sites is 1. The Morgan fingerprint density at radius 3 is 2.81 bits per heavy atom. The summed E-state index contributed by atoms with van der Waals surface area (Å²) in [6.45, 7) is 10.2. The number of thiazole rings is 1. The summed E-state index contributed by atoms with van der Waals surface area (Å²) in [5, 5.41) is 12.9. The van der Waals surface area contributed by atoms with Crippen LogP contribution in [0.3, 0.4) is 0 Å². The first kappa shape index (κ1) is 29.0. The second-order valence-electron chi connectivity index (χ2n) is 12.7. The van der Waals surface area contributed by atoms with E-state index < -0.39 is 5.60 Å². The number of hydrogen-bond acceptors (Lipinski definition) is 9. The number of nitriles is 1. The van der Waals surface area contributed by atoms with E-state index in [2.05, 4.69) is 17.0 Å². The maximum Gasteiger partial charge on any atom is 0.410 e. The van der Waals surface area contributed by atoms with E-state index in [9.17, 15) is 14.9 Å². The van der Waals surface area contributed by atoms with Gasteiger partial charge in [-0.3, -0.25) is 4.79 Å². The number of aromatic nitrogens is 1. The Morgan fingerprint density at radius 1 is 1.26 bits per heavy atom. The number of ether oxygens (including phenoxy) is 3. The Balaban J connectivity index is 1.18. The molecular formula is C33H36N4O5S. The van der Waals surface area contributed by atoms with Crippen LogP contribution in [-0.2, 0) is 33.8 Å². The molecule has 3 aromatic rings. The highest BCUT2D eigenvalue weighted by Crippen LogP contribution is 2.59. The minimum Gasteiger partial charge on any atom is -0.488 e. The minimum atomic E-state index is -0.576. The van der Waals surface area contributed by atoms with Crippen LogP contribution in [0, 0.1) is 29.6 Å². The van der Waals surface area contributed by atoms with Crippen LogP contribution in [0.5, 0.6) is 5.75 Å². The van der Waals surface area contributed by atoms with E-state index in [4.69, 9.17) is 19.2 Å². The van der Waals surface area contributed by atoms with Crippen molar-refractivity contribution in [2.24, 2.45) is 11.3 Å². The molecule has 1 unspecified atom stereocenters. The Labute approximate surface area is 256 Å². The van der Waals surface area contributed by atoms with Gasteiger partial charge in [-0.15, -0.1) is 11.3 Å². The number of aryl methyl sites for hydroxylation is 1. The summed E-state index contributed by atoms with van der Waals surface area (Å²) in [6.07, 6.45) is 1.17. The lowest BCUT2D eigenvalue weighted by Gasteiger charge is -2.32. The number of nitrogens with zero attached hydrogens (tertiary/aromatic N) is 4. The van der Waals surface area contributed by atoms with Crippen LogP contribution in [0.2, 0.25) is 0 Å². The second kappa shape index (κ2) is 10.9. The normalized spacial score (nSPS) is 20.6. The molecule has 3 heterocycles. The highest BCUT2D eigenvalue weighted by Gasteiger charge is 2.66. The molecule has 0 radical (unpaired) electrons. The first-order chi connectivity index (χ1) is 20.5. The van der Waals surface area contributed by atoms with Crippen LogP contribution in [0.4, 0.5) is 9.93 Å². The molecule has 3 aliphatic rings. The van der Waals surface area contributed by atoms with Crippen LogP contribution in [0.25, 0.3) is 11.3 Å². The molecule has 6 rings (SSSR count). The summed E-state index contributed by atoms with van der Waals surface area (Å²) in [5.41, 5.74) is 5.15. The third-order valence-electron chi connectivity index (χ3n) is 8.55. The average molecular weight is 601 g/mol. The SMILES string of the molecule is COC(=O)[C@]12CC1CN(c1nc(-c3cccc(C)c3OCc3cc(C#N)c4c(c3)CCN(C(=O)OC(C)(C)C)C4)cs1)C2. The van der Waals surface area contributed by atoms with Crippen LogP contribution in [0.1, 0.15) is 55.0 Å². The van der Waals surface area contributed by atoms with Gasteiger partial charge in [0.2, 0.25) is 0 Å². The summed E-state index contributed by atoms with van der Waals surface area (Å²) in [5.74, 6) is 0.968. The number of carbonyl (C=O) groups is 2. The van der Waals surface area contributed by atoms with Crippen molar-refractivity contribution in [3.63, 3.8) is 0 Å². The fourth-order valence-electron chi connectivity index (χ4n) is 6.28. The smallest absolute Gasteiger partial charge is 0.410 e. The molecule has 10 heteroatoms. The second-order valence-corrected chi connectivity index (χ2v) is 13.6. The number of fused-ring (bicyclic) bond motifs is 2. The number of rotatable bonds is 6. The van der Waals surface area contributed by atoms with Crippen molar-refractivity contribution in [1.29, 1.82) is 5.26 Å². The highest BCUT2D eigenvalue weighted by molar-refractivity contribution is 7.14. The van der Waals surface area contributed by atoms with Gasteiger partial charge in [-0.2, -0.15) is 5.26 Å². The lowest BCUT2D eigenvalue weighted by Crippen LogP contribution is -2.40. The Hall–Kier alpha value is -4.10. The van der Waals surface area contributed by atoms with Gasteiger partial charge >= 0.3 is 12.1 Å². The monoisotopic (exact) mass is 600 g/mol. The van der Waals surface area contributed by atoms with Crippen molar-refractivity contribution in [2.45, 2.75) is 59.3 Å². The lowest BCUT2D eigenvalue weighted by atomic mass is 9.93. The zero-order valence-electron chi connectivity index (χ0n) is 25.2. The Morgan fingerprint density at radius 2 is 2.07 bits per heavy atom. The number of methoxy groups -OCH3 is 1. The summed E-state index contributed by atoms with van der Waals surface area (Å²) in [7, 11) is 1.46. The maximum atomic E-state index is 12.7.